The first-order chi connectivity index (χ1) is 14.5. The predicted octanol–water partition coefficient (Wildman–Crippen LogP) is 2.95. The lowest BCUT2D eigenvalue weighted by molar-refractivity contribution is -0.165. The van der Waals surface area contributed by atoms with Gasteiger partial charge in [-0.2, -0.15) is 9.40 Å². The number of pyridine rings is 1. The van der Waals surface area contributed by atoms with Crippen molar-refractivity contribution in [2.24, 2.45) is 0 Å². The smallest absolute Gasteiger partial charge is 0.327 e. The van der Waals surface area contributed by atoms with Crippen molar-refractivity contribution in [2.75, 3.05) is 5.32 Å². The minimum atomic E-state index is -1.50. The first-order valence-corrected chi connectivity index (χ1v) is 11.0. The van der Waals surface area contributed by atoms with Crippen molar-refractivity contribution in [1.29, 1.82) is 0 Å². The monoisotopic (exact) mass is 443 g/mol. The molecule has 2 aromatic heterocycles. The number of rotatable bonds is 4. The third-order valence-electron chi connectivity index (χ3n) is 5.03. The van der Waals surface area contributed by atoms with Gasteiger partial charge in [-0.3, -0.25) is 14.7 Å². The highest BCUT2D eigenvalue weighted by Crippen LogP contribution is 2.36. The second-order valence-corrected chi connectivity index (χ2v) is 10.3. The second kappa shape index (κ2) is 7.31. The molecule has 0 saturated heterocycles. The number of hydrogen-bond acceptors (Lipinski definition) is 6. The average Bonchev–Trinajstić information content (AvgIpc) is 3.23. The predicted molar refractivity (Wildman–Crippen MR) is 118 cm³/mol. The third-order valence-corrected chi connectivity index (χ3v) is 6.79. The summed E-state index contributed by atoms with van der Waals surface area (Å²) in [4.78, 5) is 28.2. The summed E-state index contributed by atoms with van der Waals surface area (Å²) in [6.07, 6.45) is 1.55. The summed E-state index contributed by atoms with van der Waals surface area (Å²) in [5.74, 6) is -0.0245. The van der Waals surface area contributed by atoms with E-state index in [-0.39, 0.29) is 5.56 Å². The van der Waals surface area contributed by atoms with Gasteiger partial charge in [-0.15, -0.1) is 0 Å². The molecule has 4 rings (SSSR count). The molecule has 0 bridgehead atoms. The van der Waals surface area contributed by atoms with E-state index in [0.717, 1.165) is 5.56 Å². The molecular formula is C21H25N5O4S. The van der Waals surface area contributed by atoms with Gasteiger partial charge in [0.15, 0.2) is 5.82 Å². The van der Waals surface area contributed by atoms with Gasteiger partial charge in [0.25, 0.3) is 5.56 Å². The minimum absolute atomic E-state index is 0.249. The lowest BCUT2D eigenvalue weighted by atomic mass is 10.0. The number of carbonyl (C=O) groups excluding carboxylic acids is 1. The van der Waals surface area contributed by atoms with E-state index in [1.54, 1.807) is 63.3 Å². The summed E-state index contributed by atoms with van der Waals surface area (Å²) < 4.78 is 20.3. The van der Waals surface area contributed by atoms with E-state index < -0.39 is 28.1 Å². The van der Waals surface area contributed by atoms with Gasteiger partial charge in [-0.25, -0.2) is 4.21 Å². The van der Waals surface area contributed by atoms with Gasteiger partial charge in [0, 0.05) is 18.4 Å². The molecule has 3 aromatic rings. The highest BCUT2D eigenvalue weighted by Gasteiger charge is 2.45. The molecule has 3 N–H and O–H groups in total. The molecule has 0 radical (unpaired) electrons. The van der Waals surface area contributed by atoms with Crippen molar-refractivity contribution < 1.29 is 13.7 Å². The zero-order chi connectivity index (χ0) is 22.6. The normalized spacial score (nSPS) is 17.0. The second-order valence-electron chi connectivity index (χ2n) is 8.96. The van der Waals surface area contributed by atoms with Gasteiger partial charge in [-0.05, 0) is 64.4 Å². The lowest BCUT2D eigenvalue weighted by Gasteiger charge is -2.34. The molecule has 0 fully saturated rings. The molecule has 9 nitrogen and oxygen atoms in total. The van der Waals surface area contributed by atoms with E-state index in [0.29, 0.717) is 33.8 Å². The largest absolute Gasteiger partial charge is 0.459 e. The fraction of sp³-hybridized carbons (Fsp3) is 0.381. The number of aromatic nitrogens is 3. The van der Waals surface area contributed by atoms with Crippen LogP contribution in [0, 0.1) is 0 Å². The number of nitrogens with zero attached hydrogens (tertiary/aromatic N) is 2. The maximum absolute atomic E-state index is 13.1. The summed E-state index contributed by atoms with van der Waals surface area (Å²) >= 11 is 0. The van der Waals surface area contributed by atoms with Crippen LogP contribution in [0.1, 0.15) is 40.2 Å². The van der Waals surface area contributed by atoms with Crippen LogP contribution in [-0.4, -0.2) is 40.8 Å². The molecule has 0 spiro atoms. The van der Waals surface area contributed by atoms with E-state index in [2.05, 4.69) is 20.5 Å². The van der Waals surface area contributed by atoms with Crippen LogP contribution in [-0.2, 0) is 27.1 Å². The fourth-order valence-corrected chi connectivity index (χ4v) is 4.91. The maximum Gasteiger partial charge on any atom is 0.327 e. The number of hydrogen-bond donors (Lipinski definition) is 3. The molecule has 1 aromatic carbocycles. The summed E-state index contributed by atoms with van der Waals surface area (Å²) in [5.41, 5.74) is 0.193. The molecule has 1 unspecified atom stereocenters. The molecule has 164 valence electrons. The maximum atomic E-state index is 13.1. The third kappa shape index (κ3) is 3.88. The zero-order valence-corrected chi connectivity index (χ0v) is 18.8. The van der Waals surface area contributed by atoms with Crippen LogP contribution in [0.4, 0.5) is 11.5 Å². The van der Waals surface area contributed by atoms with Crippen LogP contribution in [0.2, 0.25) is 0 Å². The Bertz CT molecular complexity index is 1250. The Morgan fingerprint density at radius 2 is 1.97 bits per heavy atom. The van der Waals surface area contributed by atoms with Crippen molar-refractivity contribution in [3.05, 3.63) is 46.4 Å². The number of H-pyrrole nitrogens is 2. The first-order valence-electron chi connectivity index (χ1n) is 9.86. The topological polar surface area (TPSA) is 120 Å². The number of ether oxygens (including phenoxy) is 1. The van der Waals surface area contributed by atoms with Crippen LogP contribution in [0.3, 0.4) is 0 Å². The van der Waals surface area contributed by atoms with E-state index in [1.807, 2.05) is 6.07 Å². The molecule has 0 aliphatic carbocycles. The molecular weight excluding hydrogens is 418 g/mol. The molecule has 1 aliphatic heterocycles. The van der Waals surface area contributed by atoms with Gasteiger partial charge in [0.1, 0.15) is 27.5 Å². The van der Waals surface area contributed by atoms with Crippen LogP contribution < -0.4 is 10.9 Å². The van der Waals surface area contributed by atoms with Crippen LogP contribution in [0.15, 0.2) is 40.2 Å². The minimum Gasteiger partial charge on any atom is -0.459 e. The number of benzene rings is 1. The van der Waals surface area contributed by atoms with Gasteiger partial charge in [-0.1, -0.05) is 0 Å². The van der Waals surface area contributed by atoms with E-state index in [4.69, 9.17) is 4.74 Å². The fourth-order valence-electron chi connectivity index (χ4n) is 3.40. The van der Waals surface area contributed by atoms with Crippen LogP contribution in [0.5, 0.6) is 0 Å². The van der Waals surface area contributed by atoms with Crippen molar-refractivity contribution in [1.82, 2.24) is 19.5 Å². The molecule has 3 heterocycles. The summed E-state index contributed by atoms with van der Waals surface area (Å²) in [6, 6.07) is 7.13. The van der Waals surface area contributed by atoms with Crippen molar-refractivity contribution >= 4 is 39.4 Å². The summed E-state index contributed by atoms with van der Waals surface area (Å²) in [5, 5.41) is 10.6. The number of carbonyl (C=O) groups is 1. The van der Waals surface area contributed by atoms with Crippen LogP contribution in [0.25, 0.3) is 10.9 Å². The lowest BCUT2D eigenvalue weighted by Crippen LogP contribution is -2.51. The number of fused-ring (bicyclic) bond motifs is 2. The van der Waals surface area contributed by atoms with Crippen molar-refractivity contribution in [3.8, 4) is 0 Å². The molecule has 0 amide bonds. The summed E-state index contributed by atoms with van der Waals surface area (Å²) in [7, 11) is -1.50. The first kappa shape index (κ1) is 21.3. The Balaban J connectivity index is 1.60. The van der Waals surface area contributed by atoms with Crippen molar-refractivity contribution in [3.63, 3.8) is 0 Å². The van der Waals surface area contributed by atoms with E-state index >= 15 is 0 Å². The number of aromatic amines is 2. The average molecular weight is 444 g/mol. The Labute approximate surface area is 181 Å². The molecule has 1 aliphatic rings. The number of nitrogens with one attached hydrogen (secondary N) is 3. The van der Waals surface area contributed by atoms with E-state index in [9.17, 15) is 13.8 Å². The molecule has 10 heteroatoms. The van der Waals surface area contributed by atoms with Gasteiger partial charge in [0.05, 0.1) is 10.4 Å². The highest BCUT2D eigenvalue weighted by atomic mass is 32.2. The van der Waals surface area contributed by atoms with Crippen molar-refractivity contribution in [2.45, 2.75) is 57.2 Å². The SMILES string of the molecule is CC(C)(C)OC(=O)C(C)(C)N1Cc2cc(Nc3n[nH]c4cc[nH]c(=O)c34)ccc2S1=O. The summed E-state index contributed by atoms with van der Waals surface area (Å²) in [6.45, 7) is 9.17. The Hall–Kier alpha value is -2.98. The standard InChI is InChI=1S/C21H25N5O4S/c1-20(2,3)30-19(28)21(4,5)26-11-12-10-13(6-7-15(12)31(26)29)23-17-16-14(24-25-17)8-9-22-18(16)27/h6-10H,11H2,1-5H3,(H,22,27)(H2,23,24,25). The Kier molecular flexibility index (Phi) is 5.01. The van der Waals surface area contributed by atoms with Crippen LogP contribution >= 0.6 is 0 Å². The quantitative estimate of drug-likeness (QED) is 0.533. The van der Waals surface area contributed by atoms with E-state index in [1.165, 1.54) is 0 Å². The Morgan fingerprint density at radius 3 is 2.68 bits per heavy atom. The van der Waals surface area contributed by atoms with Gasteiger partial charge < -0.3 is 15.0 Å². The zero-order valence-electron chi connectivity index (χ0n) is 18.0. The molecule has 31 heavy (non-hydrogen) atoms. The number of anilines is 2. The molecule has 0 saturated carbocycles. The van der Waals surface area contributed by atoms with Gasteiger partial charge in [0.2, 0.25) is 0 Å². The Morgan fingerprint density at radius 1 is 1.23 bits per heavy atom. The number of esters is 1. The highest BCUT2D eigenvalue weighted by molar-refractivity contribution is 7.83. The van der Waals surface area contributed by atoms with Gasteiger partial charge >= 0.3 is 5.97 Å². The molecule has 1 atom stereocenters.